The molecule has 0 bridgehead atoms. The van der Waals surface area contributed by atoms with Gasteiger partial charge in [-0.1, -0.05) is 31.5 Å². The molecular weight excluding hydrogens is 772 g/mol. The highest BCUT2D eigenvalue weighted by Crippen LogP contribution is 2.29. The molecule has 8 atom stereocenters. The minimum absolute atomic E-state index is 0.0739. The summed E-state index contributed by atoms with van der Waals surface area (Å²) in [7, 11) is 3.91. The summed E-state index contributed by atoms with van der Waals surface area (Å²) in [5.41, 5.74) is 0.00643. The van der Waals surface area contributed by atoms with Gasteiger partial charge in [0.2, 0.25) is 0 Å². The van der Waals surface area contributed by atoms with Crippen molar-refractivity contribution in [3.8, 4) is 23.8 Å². The molecule has 8 N–H and O–H groups in total. The summed E-state index contributed by atoms with van der Waals surface area (Å²) >= 11 is 9.03. The molecule has 0 unspecified atom stereocenters. The minimum Gasteiger partial charge on any atom is -0.394 e. The number of rotatable bonds is 4. The van der Waals surface area contributed by atoms with E-state index in [0.29, 0.717) is 0 Å². The van der Waals surface area contributed by atoms with Crippen molar-refractivity contribution in [1.29, 1.82) is 0 Å². The van der Waals surface area contributed by atoms with Gasteiger partial charge in [-0.15, -0.1) is 12.0 Å². The van der Waals surface area contributed by atoms with Crippen LogP contribution in [0.4, 0.5) is 0 Å². The molecule has 0 saturated carbocycles. The number of nitrogens with zero attached hydrogens (tertiary/aromatic N) is 2. The molecular formula is C25H32N4O12S6Si. The SMILES string of the molecule is C#[13C]c1cn([C@@H]2O[C@H](CO)[C@H](O)[C@@H]2O)c(=O)[nH]c1=O.C[Si](C)(C)[13C]#[13C]c1cn([C@@H]2O[C@H](CO)[C@H](O)[C@@H]2O)c(=O)[nH]c1=O.S=S=S=S=S=S. The first-order chi connectivity index (χ1) is 22.5. The Bertz CT molecular complexity index is 1950. The van der Waals surface area contributed by atoms with Crippen LogP contribution in [-0.2, 0) is 67.4 Å². The summed E-state index contributed by atoms with van der Waals surface area (Å²) in [5, 5.41) is 57.2. The van der Waals surface area contributed by atoms with Gasteiger partial charge in [-0.25, -0.2) is 9.59 Å². The fourth-order valence-electron chi connectivity index (χ4n) is 4.04. The number of aromatic nitrogens is 4. The summed E-state index contributed by atoms with van der Waals surface area (Å²) in [4.78, 5) is 50.8. The van der Waals surface area contributed by atoms with Gasteiger partial charge in [-0.2, -0.15) is 0 Å². The Balaban J connectivity index is 0.000000289. The van der Waals surface area contributed by atoms with E-state index >= 15 is 0 Å². The van der Waals surface area contributed by atoms with Crippen molar-refractivity contribution in [2.24, 2.45) is 0 Å². The van der Waals surface area contributed by atoms with Gasteiger partial charge in [0.05, 0.1) is 13.2 Å². The van der Waals surface area contributed by atoms with E-state index in [1.165, 1.54) is 41.7 Å². The third kappa shape index (κ3) is 11.1. The summed E-state index contributed by atoms with van der Waals surface area (Å²) in [6, 6.07) is 0. The van der Waals surface area contributed by atoms with E-state index in [9.17, 15) is 39.6 Å². The average Bonchev–Trinajstić information content (AvgIpc) is 3.49. The fourth-order valence-corrected chi connectivity index (χ4v) is 10.0. The number of aliphatic hydroxyl groups excluding tert-OH is 6. The largest absolute Gasteiger partial charge is 0.394 e. The quantitative estimate of drug-likeness (QED) is 0.0825. The van der Waals surface area contributed by atoms with E-state index in [4.69, 9.17) is 26.1 Å². The maximum Gasteiger partial charge on any atom is 0.330 e. The zero-order chi connectivity index (χ0) is 36.3. The predicted octanol–water partition coefficient (Wildman–Crippen LogP) is -4.51. The maximum absolute atomic E-state index is 12.0. The number of aromatic amines is 2. The molecule has 0 radical (unpaired) electrons. The van der Waals surface area contributed by atoms with E-state index in [-0.39, 0.29) is 11.1 Å². The lowest BCUT2D eigenvalue weighted by Crippen LogP contribution is -2.38. The van der Waals surface area contributed by atoms with E-state index in [2.05, 4.69) is 44.7 Å². The van der Waals surface area contributed by atoms with Crippen molar-refractivity contribution >= 4 is 66.0 Å². The third-order valence-electron chi connectivity index (χ3n) is 6.33. The van der Waals surface area contributed by atoms with Gasteiger partial charge in [-0.05, 0) is 0 Å². The Labute approximate surface area is 294 Å². The Morgan fingerprint density at radius 1 is 0.792 bits per heavy atom. The molecule has 2 aromatic heterocycles. The van der Waals surface area contributed by atoms with Gasteiger partial charge in [0.1, 0.15) is 55.8 Å². The van der Waals surface area contributed by atoms with Crippen LogP contribution in [0, 0.1) is 23.8 Å². The van der Waals surface area contributed by atoms with E-state index in [1.54, 1.807) is 0 Å². The maximum atomic E-state index is 12.0. The Hall–Kier alpha value is -2.30. The highest BCUT2D eigenvalue weighted by Gasteiger charge is 2.44. The number of hydrogen-bond acceptors (Lipinski definition) is 14. The molecule has 0 aliphatic carbocycles. The second-order valence-corrected chi connectivity index (χ2v) is 22.6. The van der Waals surface area contributed by atoms with Gasteiger partial charge >= 0.3 is 11.4 Å². The van der Waals surface area contributed by atoms with Crippen molar-refractivity contribution in [3.05, 3.63) is 65.2 Å². The number of hydrogen-bond donors (Lipinski definition) is 8. The van der Waals surface area contributed by atoms with Crippen LogP contribution < -0.4 is 22.5 Å². The van der Waals surface area contributed by atoms with Crippen LogP contribution in [0.3, 0.4) is 0 Å². The van der Waals surface area contributed by atoms with Crippen molar-refractivity contribution in [2.75, 3.05) is 13.2 Å². The number of aliphatic hydroxyl groups is 6. The van der Waals surface area contributed by atoms with E-state index < -0.39 is 92.9 Å². The topological polar surface area (TPSA) is 250 Å². The summed E-state index contributed by atoms with van der Waals surface area (Å²) < 4.78 is 12.3. The molecule has 0 aromatic carbocycles. The van der Waals surface area contributed by atoms with Crippen LogP contribution in [0.5, 0.6) is 0 Å². The first-order valence-electron chi connectivity index (χ1n) is 13.4. The molecule has 264 valence electrons. The van der Waals surface area contributed by atoms with Crippen molar-refractivity contribution < 1.29 is 40.1 Å². The smallest absolute Gasteiger partial charge is 0.330 e. The van der Waals surface area contributed by atoms with E-state index in [0.717, 1.165) is 15.3 Å². The molecule has 0 spiro atoms. The molecule has 48 heavy (non-hydrogen) atoms. The molecule has 2 aliphatic rings. The number of ether oxygens (including phenoxy) is 2. The van der Waals surface area contributed by atoms with Crippen LogP contribution in [0.1, 0.15) is 23.6 Å². The van der Waals surface area contributed by atoms with Crippen LogP contribution in [0.25, 0.3) is 0 Å². The Kier molecular flexibility index (Phi) is 16.7. The molecule has 2 fully saturated rings. The van der Waals surface area contributed by atoms with Crippen LogP contribution in [0.2, 0.25) is 19.6 Å². The summed E-state index contributed by atoms with van der Waals surface area (Å²) in [6.45, 7) is 5.01. The monoisotopic (exact) mass is 803 g/mol. The van der Waals surface area contributed by atoms with Crippen molar-refractivity contribution in [1.82, 2.24) is 19.1 Å². The second kappa shape index (κ2) is 19.2. The zero-order valence-electron chi connectivity index (χ0n) is 25.2. The van der Waals surface area contributed by atoms with Gasteiger partial charge < -0.3 is 40.1 Å². The molecule has 0 amide bonds. The van der Waals surface area contributed by atoms with Crippen molar-refractivity contribution in [3.63, 3.8) is 0 Å². The molecule has 4 rings (SSSR count). The average molecular weight is 804 g/mol. The summed E-state index contributed by atoms with van der Waals surface area (Å²) in [5.74, 6) is 4.84. The highest BCUT2D eigenvalue weighted by molar-refractivity contribution is 8.64. The van der Waals surface area contributed by atoms with Gasteiger partial charge in [0.25, 0.3) is 11.1 Å². The Morgan fingerprint density at radius 3 is 1.52 bits per heavy atom. The molecule has 2 saturated heterocycles. The van der Waals surface area contributed by atoms with Gasteiger partial charge in [0.15, 0.2) is 12.5 Å². The normalized spacial score (nSPS) is 25.9. The lowest BCUT2D eigenvalue weighted by molar-refractivity contribution is -0.0550. The number of H-pyrrole nitrogens is 2. The first-order valence-corrected chi connectivity index (χ1v) is 23.6. The van der Waals surface area contributed by atoms with Crippen LogP contribution >= 0.6 is 0 Å². The van der Waals surface area contributed by atoms with Crippen LogP contribution in [0.15, 0.2) is 31.6 Å². The Morgan fingerprint density at radius 2 is 1.19 bits per heavy atom. The molecule has 4 heterocycles. The standard InChI is InChI=1S/C14H20N2O6Si.C11H12N2O6.S6/c1-23(2,3)5-4-8-6-16(14(21)15-12(8)20)13-11(19)10(18)9(7-17)22-13;1-2-5-3-13(11(18)12-9(5)17)10-8(16)7(15)6(4-14)19-10;1-3-5-6-4-2/h6,9-11,13,17-19H,7H2,1-3H3,(H,15,20,21);1,3,6-8,10,14-16H,4H2,(H,12,17,18);/t9-,10+,11+,13-;6-,7+,8+,10-;/m11./s1/i4+1,5+1;2+1;. The second-order valence-electron chi connectivity index (χ2n) is 10.8. The molecule has 16 nitrogen and oxygen atoms in total. The first kappa shape index (κ1) is 41.9. The third-order valence-corrected chi connectivity index (χ3v) is 13.9. The van der Waals surface area contributed by atoms with Gasteiger partial charge in [0, 0.05) is 70.3 Å². The molecule has 2 aromatic rings. The highest BCUT2D eigenvalue weighted by atomic mass is 33.3. The fraction of sp³-hybridized carbons (Fsp3) is 0.520. The zero-order valence-corrected chi connectivity index (χ0v) is 31.1. The lowest BCUT2D eigenvalue weighted by atomic mass is 10.1. The van der Waals surface area contributed by atoms with Crippen molar-refractivity contribution in [2.45, 2.75) is 68.7 Å². The summed E-state index contributed by atoms with van der Waals surface area (Å²) in [6.07, 6.45) is -2.62. The van der Waals surface area contributed by atoms with E-state index in [1.807, 2.05) is 24.6 Å². The number of terminal acetylenes is 1. The van der Waals surface area contributed by atoms with Gasteiger partial charge in [-0.3, -0.25) is 28.7 Å². The lowest BCUT2D eigenvalue weighted by Gasteiger charge is -2.17. The number of nitrogens with one attached hydrogen (secondary N) is 2. The minimum atomic E-state index is -1.72. The van der Waals surface area contributed by atoms with Crippen LogP contribution in [-0.4, -0.2) is 108 Å². The molecule has 23 heteroatoms. The predicted molar refractivity (Wildman–Crippen MR) is 191 cm³/mol. The molecule has 2 aliphatic heterocycles.